The molecule has 0 saturated carbocycles. The Balaban J connectivity index is 2.41. The molecule has 1 heterocycles. The summed E-state index contributed by atoms with van der Waals surface area (Å²) in [5, 5.41) is 10.3. The molecule has 0 saturated heterocycles. The van der Waals surface area contributed by atoms with Crippen LogP contribution in [0.1, 0.15) is 23.0 Å². The van der Waals surface area contributed by atoms with Crippen molar-refractivity contribution in [3.63, 3.8) is 0 Å². The molecule has 96 valence electrons. The van der Waals surface area contributed by atoms with E-state index in [0.29, 0.717) is 22.8 Å². The van der Waals surface area contributed by atoms with Crippen LogP contribution in [0.4, 0.5) is 0 Å². The Morgan fingerprint density at radius 1 is 1.11 bits per heavy atom. The van der Waals surface area contributed by atoms with E-state index >= 15 is 0 Å². The normalized spacial score (nSPS) is 12.2. The van der Waals surface area contributed by atoms with Crippen molar-refractivity contribution in [3.05, 3.63) is 47.4 Å². The monoisotopic (exact) mass is 248 g/mol. The first-order valence-electron chi connectivity index (χ1n) is 5.60. The van der Waals surface area contributed by atoms with E-state index in [9.17, 15) is 5.11 Å². The Labute approximate surface area is 106 Å². The first-order valence-corrected chi connectivity index (χ1v) is 5.60. The molecule has 0 spiro atoms. The van der Waals surface area contributed by atoms with Crippen LogP contribution in [0.3, 0.4) is 0 Å². The summed E-state index contributed by atoms with van der Waals surface area (Å²) in [5.41, 5.74) is 1.45. The second-order valence-electron chi connectivity index (χ2n) is 3.98. The number of aliphatic hydroxyl groups is 1. The SMILES string of the molecule is COc1cc(OC)cc(C(O)c2ccoc2C)c1. The van der Waals surface area contributed by atoms with Crippen LogP contribution < -0.4 is 9.47 Å². The maximum Gasteiger partial charge on any atom is 0.122 e. The molecule has 1 aromatic heterocycles. The zero-order valence-corrected chi connectivity index (χ0v) is 10.6. The zero-order chi connectivity index (χ0) is 13.1. The number of methoxy groups -OCH3 is 2. The molecule has 1 aromatic carbocycles. The van der Waals surface area contributed by atoms with Gasteiger partial charge < -0.3 is 19.0 Å². The van der Waals surface area contributed by atoms with Gasteiger partial charge in [0.1, 0.15) is 23.4 Å². The largest absolute Gasteiger partial charge is 0.497 e. The summed E-state index contributed by atoms with van der Waals surface area (Å²) in [6, 6.07) is 7.07. The number of furan rings is 1. The van der Waals surface area contributed by atoms with E-state index in [1.807, 2.05) is 6.92 Å². The third-order valence-electron chi connectivity index (χ3n) is 2.88. The maximum atomic E-state index is 10.3. The highest BCUT2D eigenvalue weighted by Crippen LogP contribution is 2.31. The Morgan fingerprint density at radius 3 is 2.17 bits per heavy atom. The zero-order valence-electron chi connectivity index (χ0n) is 10.6. The molecule has 0 bridgehead atoms. The second-order valence-corrected chi connectivity index (χ2v) is 3.98. The highest BCUT2D eigenvalue weighted by Gasteiger charge is 2.16. The molecular formula is C14H16O4. The highest BCUT2D eigenvalue weighted by molar-refractivity contribution is 5.42. The average Bonchev–Trinajstić information content (AvgIpc) is 2.83. The third kappa shape index (κ3) is 2.33. The molecule has 1 unspecified atom stereocenters. The number of rotatable bonds is 4. The Morgan fingerprint density at radius 2 is 1.72 bits per heavy atom. The van der Waals surface area contributed by atoms with Crippen molar-refractivity contribution in [2.24, 2.45) is 0 Å². The van der Waals surface area contributed by atoms with Crippen molar-refractivity contribution >= 4 is 0 Å². The lowest BCUT2D eigenvalue weighted by molar-refractivity contribution is 0.217. The molecule has 2 rings (SSSR count). The van der Waals surface area contributed by atoms with Crippen LogP contribution in [0.2, 0.25) is 0 Å². The van der Waals surface area contributed by atoms with Gasteiger partial charge in [0.25, 0.3) is 0 Å². The van der Waals surface area contributed by atoms with Crippen LogP contribution in [-0.2, 0) is 0 Å². The summed E-state index contributed by atoms with van der Waals surface area (Å²) in [5.74, 6) is 1.98. The molecule has 2 aromatic rings. The average molecular weight is 248 g/mol. The predicted octanol–water partition coefficient (Wildman–Crippen LogP) is 2.69. The third-order valence-corrected chi connectivity index (χ3v) is 2.88. The van der Waals surface area contributed by atoms with Gasteiger partial charge in [0.2, 0.25) is 0 Å². The van der Waals surface area contributed by atoms with Gasteiger partial charge in [0, 0.05) is 11.6 Å². The van der Waals surface area contributed by atoms with Crippen molar-refractivity contribution in [3.8, 4) is 11.5 Å². The van der Waals surface area contributed by atoms with Crippen molar-refractivity contribution < 1.29 is 19.0 Å². The smallest absolute Gasteiger partial charge is 0.122 e. The maximum absolute atomic E-state index is 10.3. The van der Waals surface area contributed by atoms with Gasteiger partial charge in [-0.3, -0.25) is 0 Å². The lowest BCUT2D eigenvalue weighted by Crippen LogP contribution is -2.01. The number of aryl methyl sites for hydroxylation is 1. The molecule has 0 amide bonds. The van der Waals surface area contributed by atoms with Gasteiger partial charge in [-0.2, -0.15) is 0 Å². The number of ether oxygens (including phenoxy) is 2. The topological polar surface area (TPSA) is 51.8 Å². The fourth-order valence-corrected chi connectivity index (χ4v) is 1.85. The molecule has 1 atom stereocenters. The first-order chi connectivity index (χ1) is 8.65. The number of hydrogen-bond donors (Lipinski definition) is 1. The van der Waals surface area contributed by atoms with Gasteiger partial charge in [0.15, 0.2) is 0 Å². The molecule has 1 N–H and O–H groups in total. The molecule has 18 heavy (non-hydrogen) atoms. The second kappa shape index (κ2) is 5.14. The van der Waals surface area contributed by atoms with Gasteiger partial charge in [-0.25, -0.2) is 0 Å². The van der Waals surface area contributed by atoms with Crippen LogP contribution in [-0.4, -0.2) is 19.3 Å². The van der Waals surface area contributed by atoms with Gasteiger partial charge in [-0.05, 0) is 30.7 Å². The van der Waals surface area contributed by atoms with Crippen molar-refractivity contribution in [2.45, 2.75) is 13.0 Å². The van der Waals surface area contributed by atoms with Crippen molar-refractivity contribution in [1.82, 2.24) is 0 Å². The summed E-state index contributed by atoms with van der Waals surface area (Å²) >= 11 is 0. The van der Waals surface area contributed by atoms with E-state index in [-0.39, 0.29) is 0 Å². The van der Waals surface area contributed by atoms with Crippen molar-refractivity contribution in [1.29, 1.82) is 0 Å². The summed E-state index contributed by atoms with van der Waals surface area (Å²) in [6.07, 6.45) is 0.804. The molecule has 0 radical (unpaired) electrons. The number of aliphatic hydroxyl groups excluding tert-OH is 1. The van der Waals surface area contributed by atoms with Crippen LogP contribution >= 0.6 is 0 Å². The molecule has 0 aliphatic heterocycles. The lowest BCUT2D eigenvalue weighted by atomic mass is 10.0. The fraction of sp³-hybridized carbons (Fsp3) is 0.286. The Kier molecular flexibility index (Phi) is 3.58. The van der Waals surface area contributed by atoms with Gasteiger partial charge >= 0.3 is 0 Å². The van der Waals surface area contributed by atoms with E-state index < -0.39 is 6.10 Å². The molecular weight excluding hydrogens is 232 g/mol. The molecule has 0 aliphatic rings. The first kappa shape index (κ1) is 12.5. The predicted molar refractivity (Wildman–Crippen MR) is 67.1 cm³/mol. The fourth-order valence-electron chi connectivity index (χ4n) is 1.85. The van der Waals surface area contributed by atoms with E-state index in [0.717, 1.165) is 5.56 Å². The minimum absolute atomic E-state index is 0.643. The summed E-state index contributed by atoms with van der Waals surface area (Å²) in [6.45, 7) is 1.82. The van der Waals surface area contributed by atoms with E-state index in [4.69, 9.17) is 13.9 Å². The number of hydrogen-bond acceptors (Lipinski definition) is 4. The minimum Gasteiger partial charge on any atom is -0.497 e. The van der Waals surface area contributed by atoms with Gasteiger partial charge in [-0.1, -0.05) is 0 Å². The standard InChI is InChI=1S/C14H16O4/c1-9-13(4-5-18-9)14(15)10-6-11(16-2)8-12(7-10)17-3/h4-8,14-15H,1-3H3. The molecule has 0 aliphatic carbocycles. The highest BCUT2D eigenvalue weighted by atomic mass is 16.5. The van der Waals surface area contributed by atoms with Crippen LogP contribution in [0.25, 0.3) is 0 Å². The summed E-state index contributed by atoms with van der Waals surface area (Å²) in [4.78, 5) is 0. The van der Waals surface area contributed by atoms with Crippen LogP contribution in [0, 0.1) is 6.92 Å². The molecule has 0 fully saturated rings. The quantitative estimate of drug-likeness (QED) is 0.903. The Hall–Kier alpha value is -1.94. The van der Waals surface area contributed by atoms with Crippen LogP contribution in [0.15, 0.2) is 34.9 Å². The molecule has 4 nitrogen and oxygen atoms in total. The number of benzene rings is 1. The van der Waals surface area contributed by atoms with Crippen LogP contribution in [0.5, 0.6) is 11.5 Å². The van der Waals surface area contributed by atoms with Gasteiger partial charge in [-0.15, -0.1) is 0 Å². The minimum atomic E-state index is -0.757. The van der Waals surface area contributed by atoms with E-state index in [2.05, 4.69) is 0 Å². The Bertz CT molecular complexity index is 508. The summed E-state index contributed by atoms with van der Waals surface area (Å²) < 4.78 is 15.6. The molecule has 4 heteroatoms. The van der Waals surface area contributed by atoms with Crippen molar-refractivity contribution in [2.75, 3.05) is 14.2 Å². The summed E-state index contributed by atoms with van der Waals surface area (Å²) in [7, 11) is 3.15. The lowest BCUT2D eigenvalue weighted by Gasteiger charge is -2.13. The van der Waals surface area contributed by atoms with E-state index in [1.54, 1.807) is 44.7 Å². The van der Waals surface area contributed by atoms with Gasteiger partial charge in [0.05, 0.1) is 20.5 Å². The van der Waals surface area contributed by atoms with E-state index in [1.165, 1.54) is 0 Å².